The van der Waals surface area contributed by atoms with Crippen molar-refractivity contribution in [2.75, 3.05) is 21.3 Å². The molecule has 2 rings (SSSR count). The van der Waals surface area contributed by atoms with Crippen LogP contribution in [0.1, 0.15) is 34.5 Å². The zero-order valence-corrected chi connectivity index (χ0v) is 16.6. The maximum absolute atomic E-state index is 12.7. The molecule has 0 aliphatic rings. The van der Waals surface area contributed by atoms with Crippen LogP contribution >= 0.6 is 15.9 Å². The molecule has 0 saturated carbocycles. The molecule has 0 unspecified atom stereocenters. The van der Waals surface area contributed by atoms with Crippen molar-refractivity contribution in [1.29, 1.82) is 0 Å². The predicted octanol–water partition coefficient (Wildman–Crippen LogP) is 4.27. The lowest BCUT2D eigenvalue weighted by atomic mass is 10.0. The van der Waals surface area contributed by atoms with Crippen molar-refractivity contribution >= 4 is 21.8 Å². The first kappa shape index (κ1) is 19.1. The van der Waals surface area contributed by atoms with E-state index in [4.69, 9.17) is 14.2 Å². The highest BCUT2D eigenvalue weighted by Gasteiger charge is 2.18. The maximum atomic E-state index is 12.7. The molecule has 1 N–H and O–H groups in total. The molecule has 1 atom stereocenters. The Morgan fingerprint density at radius 3 is 2.08 bits per heavy atom. The fraction of sp³-hybridized carbons (Fsp3) is 0.316. The second-order valence-corrected chi connectivity index (χ2v) is 6.43. The van der Waals surface area contributed by atoms with E-state index in [9.17, 15) is 4.79 Å². The summed E-state index contributed by atoms with van der Waals surface area (Å²) in [5.41, 5.74) is 2.48. The van der Waals surface area contributed by atoms with Gasteiger partial charge in [0.1, 0.15) is 21.7 Å². The number of rotatable bonds is 6. The lowest BCUT2D eigenvalue weighted by Crippen LogP contribution is -2.27. The summed E-state index contributed by atoms with van der Waals surface area (Å²) in [4.78, 5) is 12.7. The standard InChI is InChI=1S/C19H22BrNO4/c1-11-6-7-15(23-3)14(8-11)12(2)21-19(22)13-9-16(24-4)18(20)17(10-13)25-5/h6-10,12H,1-5H3,(H,21,22)/t12-/m1/s1. The van der Waals surface area contributed by atoms with Crippen LogP contribution in [0.25, 0.3) is 0 Å². The molecule has 134 valence electrons. The number of aryl methyl sites for hydroxylation is 1. The number of amides is 1. The minimum absolute atomic E-state index is 0.219. The third-order valence-electron chi connectivity index (χ3n) is 3.91. The van der Waals surface area contributed by atoms with Crippen LogP contribution in [0.5, 0.6) is 17.2 Å². The van der Waals surface area contributed by atoms with Crippen molar-refractivity contribution in [2.45, 2.75) is 19.9 Å². The summed E-state index contributed by atoms with van der Waals surface area (Å²) in [6, 6.07) is 9.00. The fourth-order valence-electron chi connectivity index (χ4n) is 2.55. The molecule has 5 nitrogen and oxygen atoms in total. The first-order valence-electron chi connectivity index (χ1n) is 7.78. The molecule has 6 heteroatoms. The zero-order valence-electron chi connectivity index (χ0n) is 15.0. The van der Waals surface area contributed by atoms with E-state index in [0.29, 0.717) is 21.5 Å². The van der Waals surface area contributed by atoms with Crippen molar-refractivity contribution < 1.29 is 19.0 Å². The summed E-state index contributed by atoms with van der Waals surface area (Å²) < 4.78 is 16.7. The number of ether oxygens (including phenoxy) is 3. The highest BCUT2D eigenvalue weighted by atomic mass is 79.9. The van der Waals surface area contributed by atoms with E-state index in [1.54, 1.807) is 33.5 Å². The lowest BCUT2D eigenvalue weighted by Gasteiger charge is -2.19. The molecule has 2 aromatic carbocycles. The first-order valence-corrected chi connectivity index (χ1v) is 8.57. The van der Waals surface area contributed by atoms with Gasteiger partial charge in [-0.3, -0.25) is 4.79 Å². The third-order valence-corrected chi connectivity index (χ3v) is 4.69. The smallest absolute Gasteiger partial charge is 0.252 e. The van der Waals surface area contributed by atoms with Crippen molar-refractivity contribution in [3.05, 3.63) is 51.5 Å². The van der Waals surface area contributed by atoms with Crippen LogP contribution in [0.4, 0.5) is 0 Å². The van der Waals surface area contributed by atoms with Crippen LogP contribution < -0.4 is 19.5 Å². The van der Waals surface area contributed by atoms with Gasteiger partial charge in [-0.1, -0.05) is 17.7 Å². The van der Waals surface area contributed by atoms with E-state index in [1.807, 2.05) is 32.0 Å². The Kier molecular flexibility index (Phi) is 6.31. The second-order valence-electron chi connectivity index (χ2n) is 5.64. The number of carbonyl (C=O) groups excluding carboxylic acids is 1. The molecule has 25 heavy (non-hydrogen) atoms. The molecule has 1 amide bonds. The molecular formula is C19H22BrNO4. The molecule has 0 aromatic heterocycles. The quantitative estimate of drug-likeness (QED) is 0.776. The number of hydrogen-bond acceptors (Lipinski definition) is 4. The molecule has 0 radical (unpaired) electrons. The Labute approximate surface area is 156 Å². The number of hydrogen-bond donors (Lipinski definition) is 1. The van der Waals surface area contributed by atoms with Gasteiger partial charge in [0.2, 0.25) is 0 Å². The minimum atomic E-state index is -0.222. The SMILES string of the molecule is COc1ccc(C)cc1[C@@H](C)NC(=O)c1cc(OC)c(Br)c(OC)c1. The molecule has 0 aliphatic heterocycles. The number of benzene rings is 2. The molecule has 0 spiro atoms. The van der Waals surface area contributed by atoms with E-state index in [1.165, 1.54) is 0 Å². The van der Waals surface area contributed by atoms with E-state index < -0.39 is 0 Å². The van der Waals surface area contributed by atoms with Gasteiger partial charge in [0.25, 0.3) is 5.91 Å². The summed E-state index contributed by atoms with van der Waals surface area (Å²) in [5.74, 6) is 1.58. The van der Waals surface area contributed by atoms with Crippen molar-refractivity contribution in [1.82, 2.24) is 5.32 Å². The molecule has 0 bridgehead atoms. The van der Waals surface area contributed by atoms with E-state index in [0.717, 1.165) is 16.9 Å². The van der Waals surface area contributed by atoms with Crippen molar-refractivity contribution in [2.24, 2.45) is 0 Å². The van der Waals surface area contributed by atoms with Gasteiger partial charge >= 0.3 is 0 Å². The third kappa shape index (κ3) is 4.25. The number of carbonyl (C=O) groups is 1. The van der Waals surface area contributed by atoms with Crippen LogP contribution in [-0.4, -0.2) is 27.2 Å². The van der Waals surface area contributed by atoms with Crippen molar-refractivity contribution in [3.63, 3.8) is 0 Å². The minimum Gasteiger partial charge on any atom is -0.496 e. The van der Waals surface area contributed by atoms with Crippen LogP contribution in [0, 0.1) is 6.92 Å². The average molecular weight is 408 g/mol. The Bertz CT molecular complexity index is 751. The Hall–Kier alpha value is -2.21. The second kappa shape index (κ2) is 8.25. The van der Waals surface area contributed by atoms with Gasteiger partial charge in [-0.05, 0) is 48.0 Å². The van der Waals surface area contributed by atoms with Gasteiger partial charge in [0.05, 0.1) is 27.4 Å². The molecule has 0 fully saturated rings. The monoisotopic (exact) mass is 407 g/mol. The van der Waals surface area contributed by atoms with Crippen molar-refractivity contribution in [3.8, 4) is 17.2 Å². The van der Waals surface area contributed by atoms with Crippen LogP contribution in [0.2, 0.25) is 0 Å². The van der Waals surface area contributed by atoms with Crippen LogP contribution in [0.15, 0.2) is 34.8 Å². The number of methoxy groups -OCH3 is 3. The first-order chi connectivity index (χ1) is 11.9. The van der Waals surface area contributed by atoms with E-state index >= 15 is 0 Å². The average Bonchev–Trinajstić information content (AvgIpc) is 2.61. The molecule has 2 aromatic rings. The highest BCUT2D eigenvalue weighted by molar-refractivity contribution is 9.10. The molecule has 0 saturated heterocycles. The zero-order chi connectivity index (χ0) is 18.6. The topological polar surface area (TPSA) is 56.8 Å². The van der Waals surface area contributed by atoms with Gasteiger partial charge < -0.3 is 19.5 Å². The van der Waals surface area contributed by atoms with E-state index in [2.05, 4.69) is 21.2 Å². The number of halogens is 1. The summed E-state index contributed by atoms with van der Waals surface area (Å²) in [6.45, 7) is 3.92. The summed E-state index contributed by atoms with van der Waals surface area (Å²) in [6.07, 6.45) is 0. The normalized spacial score (nSPS) is 11.6. The summed E-state index contributed by atoms with van der Waals surface area (Å²) >= 11 is 3.40. The summed E-state index contributed by atoms with van der Waals surface area (Å²) in [7, 11) is 4.70. The Morgan fingerprint density at radius 2 is 1.56 bits per heavy atom. The van der Waals surface area contributed by atoms with Gasteiger partial charge in [-0.15, -0.1) is 0 Å². The Morgan fingerprint density at radius 1 is 1.00 bits per heavy atom. The fourth-order valence-corrected chi connectivity index (χ4v) is 3.10. The maximum Gasteiger partial charge on any atom is 0.252 e. The van der Waals surface area contributed by atoms with E-state index in [-0.39, 0.29) is 11.9 Å². The van der Waals surface area contributed by atoms with Crippen LogP contribution in [-0.2, 0) is 0 Å². The number of nitrogens with one attached hydrogen (secondary N) is 1. The highest BCUT2D eigenvalue weighted by Crippen LogP contribution is 2.36. The molecular weight excluding hydrogens is 386 g/mol. The van der Waals surface area contributed by atoms with Gasteiger partial charge in [0.15, 0.2) is 0 Å². The van der Waals surface area contributed by atoms with Gasteiger partial charge in [0, 0.05) is 11.1 Å². The summed E-state index contributed by atoms with van der Waals surface area (Å²) in [5, 5.41) is 2.99. The Balaban J connectivity index is 2.29. The predicted molar refractivity (Wildman–Crippen MR) is 101 cm³/mol. The van der Waals surface area contributed by atoms with Crippen LogP contribution in [0.3, 0.4) is 0 Å². The molecule has 0 heterocycles. The molecule has 0 aliphatic carbocycles. The lowest BCUT2D eigenvalue weighted by molar-refractivity contribution is 0.0938. The van der Waals surface area contributed by atoms with Gasteiger partial charge in [-0.2, -0.15) is 0 Å². The largest absolute Gasteiger partial charge is 0.496 e. The van der Waals surface area contributed by atoms with Gasteiger partial charge in [-0.25, -0.2) is 0 Å².